The van der Waals surface area contributed by atoms with E-state index in [2.05, 4.69) is 9.88 Å². The zero-order valence-corrected chi connectivity index (χ0v) is 28.7. The van der Waals surface area contributed by atoms with Crippen molar-refractivity contribution in [2.75, 3.05) is 39.7 Å². The molecular formula is C31H30N6O6S4. The molecule has 6 aliphatic heterocycles. The van der Waals surface area contributed by atoms with Gasteiger partial charge >= 0.3 is 0 Å². The molecule has 2 unspecified atom stereocenters. The highest BCUT2D eigenvalue weighted by atomic mass is 33.7. The van der Waals surface area contributed by atoms with Crippen LogP contribution in [0.1, 0.15) is 11.1 Å². The van der Waals surface area contributed by atoms with Gasteiger partial charge in [-0.15, -0.1) is 0 Å². The molecule has 16 heteroatoms. The number of carbonyl (C=O) groups excluding carboxylic acids is 4. The molecule has 6 aliphatic rings. The normalized spacial score (nSPS) is 31.6. The molecule has 2 aromatic carbocycles. The summed E-state index contributed by atoms with van der Waals surface area (Å²) in [6.07, 6.45) is 3.26. The number of fused-ring (bicyclic) bond motifs is 11. The lowest BCUT2D eigenvalue weighted by Crippen LogP contribution is -2.74. The molecule has 7 heterocycles. The lowest BCUT2D eigenvalue weighted by Gasteiger charge is -2.54. The number of nitrogens with one attached hydrogen (secondary N) is 1. The van der Waals surface area contributed by atoms with E-state index >= 15 is 0 Å². The maximum Gasteiger partial charge on any atom is 0.270 e. The average Bonchev–Trinajstić information content (AvgIpc) is 3.72. The van der Waals surface area contributed by atoms with E-state index in [0.29, 0.717) is 0 Å². The van der Waals surface area contributed by atoms with E-state index in [4.69, 9.17) is 0 Å². The summed E-state index contributed by atoms with van der Waals surface area (Å²) >= 11 is 0. The highest BCUT2D eigenvalue weighted by Crippen LogP contribution is 2.61. The van der Waals surface area contributed by atoms with Gasteiger partial charge in [-0.3, -0.25) is 24.1 Å². The number of nitrogens with zero attached hydrogens (tertiary/aromatic N) is 5. The summed E-state index contributed by atoms with van der Waals surface area (Å²) < 4.78 is 2.07. The first-order valence-corrected chi connectivity index (χ1v) is 19.7. The molecule has 0 aliphatic carbocycles. The number of rotatable bonds is 5. The number of carbonyl (C=O) groups is 4. The van der Waals surface area contributed by atoms with Crippen LogP contribution >= 0.6 is 41.2 Å². The van der Waals surface area contributed by atoms with Gasteiger partial charge in [0.25, 0.3) is 23.6 Å². The Labute approximate surface area is 285 Å². The molecule has 244 valence electrons. The smallest absolute Gasteiger partial charge is 0.270 e. The Morgan fingerprint density at radius 3 is 2.28 bits per heavy atom. The summed E-state index contributed by atoms with van der Waals surface area (Å²) in [6, 6.07) is 14.5. The fourth-order valence-electron chi connectivity index (χ4n) is 7.63. The van der Waals surface area contributed by atoms with E-state index < -0.39 is 40.7 Å². The zero-order chi connectivity index (χ0) is 33.0. The molecular weight excluding hydrogens is 681 g/mol. The first-order valence-electron chi connectivity index (χ1n) is 14.8. The molecule has 12 nitrogen and oxygen atoms in total. The predicted molar refractivity (Wildman–Crippen MR) is 184 cm³/mol. The van der Waals surface area contributed by atoms with Crippen molar-refractivity contribution in [3.8, 4) is 0 Å². The first-order chi connectivity index (χ1) is 22.6. The van der Waals surface area contributed by atoms with Crippen LogP contribution in [0.15, 0.2) is 66.5 Å². The van der Waals surface area contributed by atoms with E-state index in [9.17, 15) is 29.4 Å². The Morgan fingerprint density at radius 2 is 1.53 bits per heavy atom. The summed E-state index contributed by atoms with van der Waals surface area (Å²) in [6.45, 7) is -1.02. The zero-order valence-electron chi connectivity index (χ0n) is 25.4. The van der Waals surface area contributed by atoms with Gasteiger partial charge in [0, 0.05) is 55.9 Å². The van der Waals surface area contributed by atoms with E-state index in [1.54, 1.807) is 14.1 Å². The van der Waals surface area contributed by atoms with Crippen molar-refractivity contribution < 1.29 is 29.4 Å². The molecule has 47 heavy (non-hydrogen) atoms. The highest BCUT2D eigenvalue weighted by Gasteiger charge is 2.64. The molecule has 5 atom stereocenters. The second kappa shape index (κ2) is 10.6. The Bertz CT molecular complexity index is 1940. The lowest BCUT2D eigenvalue weighted by molar-refractivity contribution is -0.164. The predicted octanol–water partition coefficient (Wildman–Crippen LogP) is 2.24. The minimum absolute atomic E-state index is 0.166. The second-order valence-electron chi connectivity index (χ2n) is 12.2. The van der Waals surface area contributed by atoms with Gasteiger partial charge in [0.2, 0.25) is 4.87 Å². The van der Waals surface area contributed by atoms with Gasteiger partial charge in [-0.05, 0) is 65.0 Å². The van der Waals surface area contributed by atoms with E-state index in [1.807, 2.05) is 60.8 Å². The fraction of sp³-hybridized carbons (Fsp3) is 0.355. The van der Waals surface area contributed by atoms with Crippen LogP contribution in [-0.2, 0) is 31.1 Å². The number of hydrogen-bond donors (Lipinski definition) is 3. The molecule has 9 rings (SSSR count). The van der Waals surface area contributed by atoms with Gasteiger partial charge in [0.1, 0.15) is 23.4 Å². The molecule has 4 amide bonds. The number of aromatic nitrogens is 1. The Morgan fingerprint density at radius 1 is 0.872 bits per heavy atom. The van der Waals surface area contributed by atoms with Crippen molar-refractivity contribution in [1.82, 2.24) is 24.2 Å². The fourth-order valence-corrected chi connectivity index (χ4v) is 15.3. The summed E-state index contributed by atoms with van der Waals surface area (Å²) in [5, 5.41) is 24.8. The maximum absolute atomic E-state index is 14.3. The molecule has 1 aromatic heterocycles. The van der Waals surface area contributed by atoms with Crippen LogP contribution in [0.3, 0.4) is 0 Å². The summed E-state index contributed by atoms with van der Waals surface area (Å²) in [5.74, 6) is -1.38. The minimum Gasteiger partial charge on any atom is -0.394 e. The Kier molecular flexibility index (Phi) is 7.00. The SMILES string of the molecule is CN1C(=O)C2=CC3(n4cc(C[C@@]56SSSS[C@@](CO)(C(=O)N5C)N(C)C6=O)c5ccccc54)c4ccccc4N[C@@H]3N2C(=O)C1CO. The quantitative estimate of drug-likeness (QED) is 0.336. The molecule has 2 bridgehead atoms. The molecule has 4 saturated heterocycles. The molecule has 4 fully saturated rings. The van der Waals surface area contributed by atoms with Crippen molar-refractivity contribution in [2.45, 2.75) is 33.9 Å². The number of piperazine rings is 2. The largest absolute Gasteiger partial charge is 0.394 e. The molecule has 3 N–H and O–H groups in total. The monoisotopic (exact) mass is 710 g/mol. The van der Waals surface area contributed by atoms with Crippen LogP contribution in [0, 0.1) is 0 Å². The summed E-state index contributed by atoms with van der Waals surface area (Å²) in [4.78, 5) is 58.7. The number of para-hydroxylation sites is 2. The topological polar surface area (TPSA) is 139 Å². The van der Waals surface area contributed by atoms with Crippen LogP contribution in [-0.4, -0.2) is 114 Å². The number of benzene rings is 2. The van der Waals surface area contributed by atoms with Crippen LogP contribution < -0.4 is 5.32 Å². The van der Waals surface area contributed by atoms with Gasteiger partial charge in [0.05, 0.1) is 13.2 Å². The summed E-state index contributed by atoms with van der Waals surface area (Å²) in [5.41, 5.74) is 2.45. The number of aliphatic hydroxyl groups is 2. The van der Waals surface area contributed by atoms with Crippen molar-refractivity contribution in [3.63, 3.8) is 0 Å². The van der Waals surface area contributed by atoms with Gasteiger partial charge in [-0.1, -0.05) is 36.4 Å². The van der Waals surface area contributed by atoms with Gasteiger partial charge in [-0.25, -0.2) is 0 Å². The second-order valence-corrected chi connectivity index (χ2v) is 18.5. The Balaban J connectivity index is 1.33. The third-order valence-electron chi connectivity index (χ3n) is 10.2. The van der Waals surface area contributed by atoms with Crippen LogP contribution in [0.5, 0.6) is 0 Å². The number of amides is 4. The van der Waals surface area contributed by atoms with Crippen LogP contribution in [0.4, 0.5) is 5.69 Å². The van der Waals surface area contributed by atoms with Crippen molar-refractivity contribution >= 4 is 81.5 Å². The number of hydrogen-bond acceptors (Lipinski definition) is 11. The van der Waals surface area contributed by atoms with Crippen molar-refractivity contribution in [3.05, 3.63) is 77.6 Å². The van der Waals surface area contributed by atoms with Gasteiger partial charge in [-0.2, -0.15) is 0 Å². The van der Waals surface area contributed by atoms with Crippen molar-refractivity contribution in [1.29, 1.82) is 0 Å². The van der Waals surface area contributed by atoms with E-state index in [-0.39, 0.29) is 35.7 Å². The van der Waals surface area contributed by atoms with Gasteiger partial charge in [0.15, 0.2) is 4.87 Å². The number of aliphatic hydroxyl groups excluding tert-OH is 2. The third-order valence-corrected chi connectivity index (χ3v) is 17.6. The van der Waals surface area contributed by atoms with Crippen molar-refractivity contribution in [2.24, 2.45) is 0 Å². The van der Waals surface area contributed by atoms with E-state index in [0.717, 1.165) is 27.7 Å². The molecule has 0 spiro atoms. The molecule has 0 radical (unpaired) electrons. The van der Waals surface area contributed by atoms with Crippen LogP contribution in [0.2, 0.25) is 0 Å². The lowest BCUT2D eigenvalue weighted by atomic mass is 9.89. The van der Waals surface area contributed by atoms with Gasteiger partial charge < -0.3 is 34.8 Å². The number of anilines is 1. The molecule has 3 aromatic rings. The summed E-state index contributed by atoms with van der Waals surface area (Å²) in [7, 11) is 9.98. The standard InChI is InChI=1S/C31H30N6O6S4/c1-33-23(15-38)25(41)37-22(24(33)40)13-29(19-9-5-6-10-20(19)32-26(29)37)36-14-17(18-8-4-7-11-21(18)36)12-30-27(42)35(3)31(16-39,28(43)34(30)2)45-47-46-44-30/h4-11,13-14,23,26,32,38-39H,12,15-16H2,1-3H3/t23?,26-,29?,30+,31+/m1/s1. The van der Waals surface area contributed by atoms with E-state index in [1.165, 1.54) is 67.9 Å². The average molecular weight is 711 g/mol. The van der Waals surface area contributed by atoms with Crippen LogP contribution in [0.25, 0.3) is 10.9 Å². The first kappa shape index (κ1) is 31.0. The molecule has 0 saturated carbocycles. The number of likely N-dealkylation sites (N-methyl/N-ethyl adjacent to an activating group) is 3. The third kappa shape index (κ3) is 3.79. The highest BCUT2D eigenvalue weighted by molar-refractivity contribution is 9.26. The Hall–Kier alpha value is -3.28. The maximum atomic E-state index is 14.3. The minimum atomic E-state index is -1.42.